The summed E-state index contributed by atoms with van der Waals surface area (Å²) in [6, 6.07) is 52.0. The molecule has 0 spiro atoms. The van der Waals surface area contributed by atoms with Crippen LogP contribution in [0, 0.1) is 0 Å². The third kappa shape index (κ3) is 6.60. The Balaban J connectivity index is 1.11. The van der Waals surface area contributed by atoms with Crippen LogP contribution >= 0.6 is 0 Å². The summed E-state index contributed by atoms with van der Waals surface area (Å²) in [6.45, 7) is 0.994. The number of carbonyl (C=O) groups is 2. The highest BCUT2D eigenvalue weighted by molar-refractivity contribution is 6.04. The van der Waals surface area contributed by atoms with Gasteiger partial charge in [-0.2, -0.15) is 0 Å². The van der Waals surface area contributed by atoms with Crippen LogP contribution in [0.3, 0.4) is 0 Å². The topological polar surface area (TPSA) is 93.1 Å². The van der Waals surface area contributed by atoms with E-state index in [1.54, 1.807) is 21.9 Å². The highest BCUT2D eigenvalue weighted by Gasteiger charge is 2.49. The number of nitrogens with zero attached hydrogens (tertiary/aromatic N) is 2. The number of anilines is 2. The fourth-order valence-electron chi connectivity index (χ4n) is 8.77. The largest absolute Gasteiger partial charge is 0.378 e. The van der Waals surface area contributed by atoms with Crippen LogP contribution in [0.25, 0.3) is 0 Å². The van der Waals surface area contributed by atoms with Gasteiger partial charge in [-0.05, 0) is 72.2 Å². The SMILES string of the molecule is O=C(c1ccccc1Nc1ccccc1C(=O)N1CCC[C@H]1C(O)(c1ccccc1)c1ccccc1)N1CCC[C@H]1C(O)(c1ccccc1)c1ccccc1. The lowest BCUT2D eigenvalue weighted by atomic mass is 9.79. The van der Waals surface area contributed by atoms with Crippen LogP contribution in [0.15, 0.2) is 170 Å². The number of rotatable bonds is 10. The van der Waals surface area contributed by atoms with Gasteiger partial charge in [0.05, 0.1) is 34.6 Å². The molecule has 2 saturated heterocycles. The Bertz CT molecular complexity index is 2010. The lowest BCUT2D eigenvalue weighted by Gasteiger charge is -2.40. The second-order valence-electron chi connectivity index (χ2n) is 14.5. The first-order valence-electron chi connectivity index (χ1n) is 19.1. The molecule has 2 heterocycles. The summed E-state index contributed by atoms with van der Waals surface area (Å²) >= 11 is 0. The smallest absolute Gasteiger partial charge is 0.256 e. The molecule has 3 N–H and O–H groups in total. The van der Waals surface area contributed by atoms with E-state index in [0.717, 1.165) is 35.1 Å². The summed E-state index contributed by atoms with van der Waals surface area (Å²) in [5.41, 5.74) is 2.09. The van der Waals surface area contributed by atoms with Crippen LogP contribution in [-0.4, -0.2) is 57.0 Å². The molecule has 0 aromatic heterocycles. The molecule has 6 aromatic carbocycles. The Morgan fingerprint density at radius 2 is 0.745 bits per heavy atom. The first kappa shape index (κ1) is 36.0. The second-order valence-corrected chi connectivity index (χ2v) is 14.5. The zero-order valence-electron chi connectivity index (χ0n) is 30.7. The number of carbonyl (C=O) groups excluding carboxylic acids is 2. The maximum Gasteiger partial charge on any atom is 0.256 e. The van der Waals surface area contributed by atoms with E-state index in [9.17, 15) is 19.8 Å². The van der Waals surface area contributed by atoms with Gasteiger partial charge in [0, 0.05) is 13.1 Å². The van der Waals surface area contributed by atoms with Crippen molar-refractivity contribution < 1.29 is 19.8 Å². The second kappa shape index (κ2) is 15.4. The van der Waals surface area contributed by atoms with E-state index < -0.39 is 23.3 Å². The van der Waals surface area contributed by atoms with Crippen LogP contribution in [0.2, 0.25) is 0 Å². The molecule has 0 radical (unpaired) electrons. The molecule has 7 nitrogen and oxygen atoms in total. The van der Waals surface area contributed by atoms with Crippen molar-refractivity contribution in [1.82, 2.24) is 9.80 Å². The minimum absolute atomic E-state index is 0.199. The Kier molecular flexibility index (Phi) is 10.1. The standard InChI is InChI=1S/C48H45N3O4/c52-45(50-33-17-31-43(50)47(54,35-19-5-1-6-20-35)36-21-7-2-8-22-36)39-27-13-15-29-41(39)49-42-30-16-14-28-40(42)46(53)51-34-18-32-44(51)48(55,37-23-9-3-10-24-37)38-25-11-4-12-26-38/h1-16,19-30,43-44,49,54-55H,17-18,31-34H2/t43-,44-/m0/s1. The van der Waals surface area contributed by atoms with E-state index in [1.165, 1.54) is 0 Å². The van der Waals surface area contributed by atoms with Crippen molar-refractivity contribution in [3.8, 4) is 0 Å². The molecule has 55 heavy (non-hydrogen) atoms. The van der Waals surface area contributed by atoms with Crippen LogP contribution in [0.5, 0.6) is 0 Å². The summed E-state index contributed by atoms with van der Waals surface area (Å²) in [7, 11) is 0. The number of hydrogen-bond acceptors (Lipinski definition) is 5. The van der Waals surface area contributed by atoms with Crippen molar-refractivity contribution in [2.24, 2.45) is 0 Å². The molecule has 0 aliphatic carbocycles. The number of aliphatic hydroxyl groups is 2. The van der Waals surface area contributed by atoms with Crippen LogP contribution < -0.4 is 5.32 Å². The maximum absolute atomic E-state index is 14.7. The van der Waals surface area contributed by atoms with Crippen LogP contribution in [0.4, 0.5) is 11.4 Å². The molecule has 7 heteroatoms. The average Bonchev–Trinajstić information content (AvgIpc) is 3.96. The maximum atomic E-state index is 14.7. The molecule has 8 rings (SSSR count). The third-order valence-corrected chi connectivity index (χ3v) is 11.4. The zero-order chi connectivity index (χ0) is 37.8. The number of amides is 2. The van der Waals surface area contributed by atoms with Gasteiger partial charge >= 0.3 is 0 Å². The predicted octanol–water partition coefficient (Wildman–Crippen LogP) is 8.51. The highest BCUT2D eigenvalue weighted by Crippen LogP contribution is 2.43. The number of para-hydroxylation sites is 2. The zero-order valence-corrected chi connectivity index (χ0v) is 30.7. The van der Waals surface area contributed by atoms with E-state index in [0.29, 0.717) is 48.4 Å². The first-order chi connectivity index (χ1) is 26.9. The van der Waals surface area contributed by atoms with Crippen molar-refractivity contribution >= 4 is 23.2 Å². The molecule has 0 bridgehead atoms. The Labute approximate surface area is 322 Å². The first-order valence-corrected chi connectivity index (χ1v) is 19.1. The summed E-state index contributed by atoms with van der Waals surface area (Å²) in [4.78, 5) is 33.0. The van der Waals surface area contributed by atoms with E-state index in [2.05, 4.69) is 5.32 Å². The van der Waals surface area contributed by atoms with Gasteiger partial charge in [-0.3, -0.25) is 9.59 Å². The van der Waals surface area contributed by atoms with Gasteiger partial charge in [0.1, 0.15) is 11.2 Å². The van der Waals surface area contributed by atoms with Crippen molar-refractivity contribution in [3.63, 3.8) is 0 Å². The van der Waals surface area contributed by atoms with Gasteiger partial charge in [-0.25, -0.2) is 0 Å². The predicted molar refractivity (Wildman–Crippen MR) is 216 cm³/mol. The Morgan fingerprint density at radius 1 is 0.455 bits per heavy atom. The Morgan fingerprint density at radius 3 is 1.07 bits per heavy atom. The van der Waals surface area contributed by atoms with E-state index in [4.69, 9.17) is 0 Å². The molecule has 0 unspecified atom stereocenters. The monoisotopic (exact) mass is 727 g/mol. The molecule has 276 valence electrons. The number of hydrogen-bond donors (Lipinski definition) is 3. The minimum Gasteiger partial charge on any atom is -0.378 e. The van der Waals surface area contributed by atoms with Gasteiger partial charge in [0.25, 0.3) is 11.8 Å². The highest BCUT2D eigenvalue weighted by atomic mass is 16.3. The summed E-state index contributed by atoms with van der Waals surface area (Å²) < 4.78 is 0. The van der Waals surface area contributed by atoms with Gasteiger partial charge in [-0.1, -0.05) is 146 Å². The molecule has 2 fully saturated rings. The van der Waals surface area contributed by atoms with E-state index in [-0.39, 0.29) is 11.8 Å². The lowest BCUT2D eigenvalue weighted by molar-refractivity contribution is -0.000713. The summed E-state index contributed by atoms with van der Waals surface area (Å²) in [5, 5.41) is 28.8. The van der Waals surface area contributed by atoms with Crippen molar-refractivity contribution in [3.05, 3.63) is 203 Å². The number of nitrogens with one attached hydrogen (secondary N) is 1. The number of benzene rings is 6. The fraction of sp³-hybridized carbons (Fsp3) is 0.208. The fourth-order valence-corrected chi connectivity index (χ4v) is 8.77. The molecule has 6 aromatic rings. The van der Waals surface area contributed by atoms with Gasteiger partial charge in [0.15, 0.2) is 0 Å². The normalized spacial score (nSPS) is 17.3. The van der Waals surface area contributed by atoms with Gasteiger partial charge < -0.3 is 25.3 Å². The van der Waals surface area contributed by atoms with Crippen LogP contribution in [0.1, 0.15) is 68.7 Å². The third-order valence-electron chi connectivity index (χ3n) is 11.4. The van der Waals surface area contributed by atoms with Crippen molar-refractivity contribution in [1.29, 1.82) is 0 Å². The minimum atomic E-state index is -1.43. The Hall–Kier alpha value is -6.02. The molecule has 2 aliphatic heterocycles. The average molecular weight is 728 g/mol. The van der Waals surface area contributed by atoms with E-state index in [1.807, 2.05) is 158 Å². The summed E-state index contributed by atoms with van der Waals surface area (Å²) in [5.74, 6) is -0.398. The number of likely N-dealkylation sites (tertiary alicyclic amines) is 2. The molecule has 2 aliphatic rings. The molecule has 2 amide bonds. The molecular weight excluding hydrogens is 683 g/mol. The lowest BCUT2D eigenvalue weighted by Crippen LogP contribution is -2.50. The molecular formula is C48H45N3O4. The summed E-state index contributed by atoms with van der Waals surface area (Å²) in [6.07, 6.45) is 2.77. The van der Waals surface area contributed by atoms with Gasteiger partial charge in [0.2, 0.25) is 0 Å². The molecule has 2 atom stereocenters. The van der Waals surface area contributed by atoms with Gasteiger partial charge in [-0.15, -0.1) is 0 Å². The van der Waals surface area contributed by atoms with Crippen LogP contribution in [-0.2, 0) is 11.2 Å². The quantitative estimate of drug-likeness (QED) is 0.132. The van der Waals surface area contributed by atoms with Crippen molar-refractivity contribution in [2.45, 2.75) is 49.0 Å². The molecule has 0 saturated carbocycles. The van der Waals surface area contributed by atoms with Crippen molar-refractivity contribution in [2.75, 3.05) is 18.4 Å². The van der Waals surface area contributed by atoms with E-state index >= 15 is 0 Å².